The van der Waals surface area contributed by atoms with Crippen LogP contribution in [0.1, 0.15) is 31.7 Å². The summed E-state index contributed by atoms with van der Waals surface area (Å²) in [5, 5.41) is 0. The molecule has 1 aromatic heterocycles. The number of hydrogen-bond donors (Lipinski definition) is 1. The number of aromatic nitrogens is 1. The molecule has 0 radical (unpaired) electrons. The average molecular weight is 247 g/mol. The molecule has 98 valence electrons. The zero-order valence-corrected chi connectivity index (χ0v) is 10.9. The number of pyridine rings is 1. The number of carbonyl (C=O) groups is 1. The highest BCUT2D eigenvalue weighted by Gasteiger charge is 2.30. The molecule has 2 heterocycles. The van der Waals surface area contributed by atoms with Gasteiger partial charge < -0.3 is 10.6 Å². The van der Waals surface area contributed by atoms with Crippen LogP contribution in [0.3, 0.4) is 0 Å². The number of rotatable bonds is 3. The number of carbonyl (C=O) groups excluding carboxylic acids is 1. The smallest absolute Gasteiger partial charge is 0.227 e. The van der Waals surface area contributed by atoms with Gasteiger partial charge in [-0.15, -0.1) is 0 Å². The SMILES string of the molecule is CC1CCCC(CN)N1C(=O)Cc1cccnc1. The molecule has 2 N–H and O–H groups in total. The first kappa shape index (κ1) is 13.0. The summed E-state index contributed by atoms with van der Waals surface area (Å²) >= 11 is 0. The summed E-state index contributed by atoms with van der Waals surface area (Å²) in [5.74, 6) is 0.172. The van der Waals surface area contributed by atoms with Crippen LogP contribution >= 0.6 is 0 Å². The van der Waals surface area contributed by atoms with E-state index in [9.17, 15) is 4.79 Å². The van der Waals surface area contributed by atoms with Gasteiger partial charge in [0.2, 0.25) is 5.91 Å². The van der Waals surface area contributed by atoms with Crippen molar-refractivity contribution >= 4 is 5.91 Å². The van der Waals surface area contributed by atoms with Gasteiger partial charge in [0.05, 0.1) is 6.42 Å². The molecule has 1 saturated heterocycles. The van der Waals surface area contributed by atoms with E-state index in [1.54, 1.807) is 12.4 Å². The average Bonchev–Trinajstić information content (AvgIpc) is 2.39. The molecule has 0 aromatic carbocycles. The fourth-order valence-corrected chi connectivity index (χ4v) is 2.74. The van der Waals surface area contributed by atoms with Gasteiger partial charge in [0, 0.05) is 31.0 Å². The molecule has 4 nitrogen and oxygen atoms in total. The first-order valence-electron chi connectivity index (χ1n) is 6.62. The summed E-state index contributed by atoms with van der Waals surface area (Å²) in [5.41, 5.74) is 6.75. The Morgan fingerprint density at radius 2 is 2.39 bits per heavy atom. The Kier molecular flexibility index (Phi) is 4.31. The second-order valence-electron chi connectivity index (χ2n) is 5.01. The largest absolute Gasteiger partial charge is 0.335 e. The van der Waals surface area contributed by atoms with Crippen LogP contribution in [0.4, 0.5) is 0 Å². The molecule has 4 heteroatoms. The number of amides is 1. The quantitative estimate of drug-likeness (QED) is 0.877. The van der Waals surface area contributed by atoms with Crippen LogP contribution in [-0.2, 0) is 11.2 Å². The Bertz CT molecular complexity index is 393. The molecule has 0 aliphatic carbocycles. The van der Waals surface area contributed by atoms with Gasteiger partial charge in [-0.25, -0.2) is 0 Å². The third kappa shape index (κ3) is 2.88. The van der Waals surface area contributed by atoms with E-state index in [-0.39, 0.29) is 11.9 Å². The zero-order valence-electron chi connectivity index (χ0n) is 10.9. The molecule has 1 aromatic rings. The third-order valence-electron chi connectivity index (χ3n) is 3.67. The van der Waals surface area contributed by atoms with E-state index in [2.05, 4.69) is 11.9 Å². The summed E-state index contributed by atoms with van der Waals surface area (Å²) in [6.07, 6.45) is 7.17. The topological polar surface area (TPSA) is 59.2 Å². The highest BCUT2D eigenvalue weighted by Crippen LogP contribution is 2.23. The van der Waals surface area contributed by atoms with Crippen LogP contribution in [0.2, 0.25) is 0 Å². The van der Waals surface area contributed by atoms with Crippen LogP contribution in [0.5, 0.6) is 0 Å². The fourth-order valence-electron chi connectivity index (χ4n) is 2.74. The van der Waals surface area contributed by atoms with E-state index in [0.29, 0.717) is 19.0 Å². The third-order valence-corrected chi connectivity index (χ3v) is 3.67. The zero-order chi connectivity index (χ0) is 13.0. The summed E-state index contributed by atoms with van der Waals surface area (Å²) in [6.45, 7) is 2.67. The van der Waals surface area contributed by atoms with Crippen molar-refractivity contribution in [2.24, 2.45) is 5.73 Å². The van der Waals surface area contributed by atoms with Crippen molar-refractivity contribution in [2.45, 2.75) is 44.7 Å². The van der Waals surface area contributed by atoms with Crippen molar-refractivity contribution in [3.8, 4) is 0 Å². The summed E-state index contributed by atoms with van der Waals surface area (Å²) in [7, 11) is 0. The van der Waals surface area contributed by atoms with Crippen molar-refractivity contribution in [1.29, 1.82) is 0 Å². The second-order valence-corrected chi connectivity index (χ2v) is 5.01. The van der Waals surface area contributed by atoms with E-state index in [1.165, 1.54) is 6.42 Å². The van der Waals surface area contributed by atoms with E-state index in [0.717, 1.165) is 18.4 Å². The lowest BCUT2D eigenvalue weighted by molar-refractivity contribution is -0.136. The molecule has 0 spiro atoms. The maximum absolute atomic E-state index is 12.4. The van der Waals surface area contributed by atoms with E-state index in [4.69, 9.17) is 5.73 Å². The lowest BCUT2D eigenvalue weighted by atomic mass is 9.95. The minimum atomic E-state index is 0.172. The number of nitrogens with two attached hydrogens (primary N) is 1. The molecular formula is C14H21N3O. The summed E-state index contributed by atoms with van der Waals surface area (Å²) in [6, 6.07) is 4.31. The Hall–Kier alpha value is -1.42. The van der Waals surface area contributed by atoms with Gasteiger partial charge in [-0.3, -0.25) is 9.78 Å². The monoisotopic (exact) mass is 247 g/mol. The minimum absolute atomic E-state index is 0.172. The molecule has 1 amide bonds. The normalized spacial score (nSPS) is 24.0. The highest BCUT2D eigenvalue weighted by atomic mass is 16.2. The Morgan fingerprint density at radius 3 is 3.06 bits per heavy atom. The van der Waals surface area contributed by atoms with E-state index in [1.807, 2.05) is 17.0 Å². The molecule has 1 aliphatic rings. The lowest BCUT2D eigenvalue weighted by Crippen LogP contribution is -2.52. The number of piperidine rings is 1. The van der Waals surface area contributed by atoms with Crippen LogP contribution in [-0.4, -0.2) is 34.4 Å². The Labute approximate surface area is 108 Å². The number of likely N-dealkylation sites (tertiary alicyclic amines) is 1. The lowest BCUT2D eigenvalue weighted by Gasteiger charge is -2.40. The van der Waals surface area contributed by atoms with Crippen LogP contribution in [0.15, 0.2) is 24.5 Å². The molecular weight excluding hydrogens is 226 g/mol. The van der Waals surface area contributed by atoms with Crippen LogP contribution in [0, 0.1) is 0 Å². The van der Waals surface area contributed by atoms with Gasteiger partial charge in [-0.1, -0.05) is 6.07 Å². The van der Waals surface area contributed by atoms with Gasteiger partial charge in [0.25, 0.3) is 0 Å². The maximum atomic E-state index is 12.4. The van der Waals surface area contributed by atoms with Crippen molar-refractivity contribution in [2.75, 3.05) is 6.54 Å². The molecule has 2 unspecified atom stereocenters. The molecule has 1 aliphatic heterocycles. The van der Waals surface area contributed by atoms with Gasteiger partial charge in [0.1, 0.15) is 0 Å². The van der Waals surface area contributed by atoms with Crippen molar-refractivity contribution < 1.29 is 4.79 Å². The van der Waals surface area contributed by atoms with Crippen LogP contribution < -0.4 is 5.73 Å². The summed E-state index contributed by atoms with van der Waals surface area (Å²) < 4.78 is 0. The van der Waals surface area contributed by atoms with Crippen LogP contribution in [0.25, 0.3) is 0 Å². The van der Waals surface area contributed by atoms with Gasteiger partial charge in [-0.05, 0) is 37.8 Å². The standard InChI is InChI=1S/C14H21N3O/c1-11-4-2-6-13(9-15)17(11)14(18)8-12-5-3-7-16-10-12/h3,5,7,10-11,13H,2,4,6,8-9,15H2,1H3. The molecule has 18 heavy (non-hydrogen) atoms. The van der Waals surface area contributed by atoms with E-state index < -0.39 is 0 Å². The number of hydrogen-bond acceptors (Lipinski definition) is 3. The highest BCUT2D eigenvalue weighted by molar-refractivity contribution is 5.79. The van der Waals surface area contributed by atoms with Crippen molar-refractivity contribution in [3.05, 3.63) is 30.1 Å². The predicted octanol–water partition coefficient (Wildman–Crippen LogP) is 1.35. The maximum Gasteiger partial charge on any atom is 0.227 e. The molecule has 1 fully saturated rings. The molecule has 0 saturated carbocycles. The first-order valence-corrected chi connectivity index (χ1v) is 6.62. The molecule has 2 rings (SSSR count). The van der Waals surface area contributed by atoms with Crippen molar-refractivity contribution in [3.63, 3.8) is 0 Å². The van der Waals surface area contributed by atoms with E-state index >= 15 is 0 Å². The van der Waals surface area contributed by atoms with Crippen molar-refractivity contribution in [1.82, 2.24) is 9.88 Å². The van der Waals surface area contributed by atoms with Gasteiger partial charge >= 0.3 is 0 Å². The van der Waals surface area contributed by atoms with Gasteiger partial charge in [0.15, 0.2) is 0 Å². The summed E-state index contributed by atoms with van der Waals surface area (Å²) in [4.78, 5) is 18.4. The minimum Gasteiger partial charge on any atom is -0.335 e. The fraction of sp³-hybridized carbons (Fsp3) is 0.571. The van der Waals surface area contributed by atoms with Gasteiger partial charge in [-0.2, -0.15) is 0 Å². The predicted molar refractivity (Wildman–Crippen MR) is 70.9 cm³/mol. The molecule has 0 bridgehead atoms. The second kappa shape index (κ2) is 5.96. The Morgan fingerprint density at radius 1 is 1.56 bits per heavy atom. The first-order chi connectivity index (χ1) is 8.72. The number of nitrogens with zero attached hydrogens (tertiary/aromatic N) is 2. The molecule has 2 atom stereocenters. The Balaban J connectivity index is 2.06.